The predicted molar refractivity (Wildman–Crippen MR) is 160 cm³/mol. The lowest BCUT2D eigenvalue weighted by atomic mass is 9.95. The topological polar surface area (TPSA) is 96.0 Å². The van der Waals surface area contributed by atoms with E-state index < -0.39 is 16.1 Å². The predicted octanol–water partition coefficient (Wildman–Crippen LogP) is 5.39. The van der Waals surface area contributed by atoms with Gasteiger partial charge in [0.25, 0.3) is 10.0 Å². The highest BCUT2D eigenvalue weighted by molar-refractivity contribution is 7.93. The highest BCUT2D eigenvalue weighted by Crippen LogP contribution is 2.42. The number of hydrogen-bond donors (Lipinski definition) is 1. The molecule has 1 unspecified atom stereocenters. The summed E-state index contributed by atoms with van der Waals surface area (Å²) in [6, 6.07) is 17.9. The molecule has 3 aromatic carbocycles. The van der Waals surface area contributed by atoms with Gasteiger partial charge in [-0.15, -0.1) is 0 Å². The Balaban J connectivity index is 1.32. The molecule has 0 spiro atoms. The molecule has 1 fully saturated rings. The Morgan fingerprint density at radius 1 is 1.02 bits per heavy atom. The number of hydrogen-bond acceptors (Lipinski definition) is 5. The van der Waals surface area contributed by atoms with Crippen molar-refractivity contribution >= 4 is 38.3 Å². The number of amides is 2. The first-order chi connectivity index (χ1) is 19.8. The summed E-state index contributed by atoms with van der Waals surface area (Å²) in [6.45, 7) is 2.39. The molecule has 1 aliphatic carbocycles. The summed E-state index contributed by atoms with van der Waals surface area (Å²) >= 11 is 0. The first-order valence-electron chi connectivity index (χ1n) is 14.6. The standard InChI is InChI=1S/C32H39N3O5S/c1-3-27(32(37)33-25-12-5-4-6-13-25)34(22-23-17-19-26(40-2)20-18-23)30(36)16-9-21-35-28-14-7-10-24-11-8-15-29(31(24)28)41(35,38)39/h7-8,10-11,14-15,17-20,25,27H,3-6,9,12-13,16,21-22H2,1-2H3,(H,33,37). The lowest BCUT2D eigenvalue weighted by Crippen LogP contribution is -2.51. The molecule has 3 aromatic rings. The minimum absolute atomic E-state index is 0.120. The number of sulfonamides is 1. The molecule has 218 valence electrons. The maximum absolute atomic E-state index is 13.8. The van der Waals surface area contributed by atoms with Crippen molar-refractivity contribution < 1.29 is 22.7 Å². The van der Waals surface area contributed by atoms with Gasteiger partial charge >= 0.3 is 0 Å². The van der Waals surface area contributed by atoms with E-state index in [9.17, 15) is 18.0 Å². The molecule has 0 saturated heterocycles. The number of nitrogens with zero attached hydrogens (tertiary/aromatic N) is 2. The highest BCUT2D eigenvalue weighted by atomic mass is 32.2. The van der Waals surface area contributed by atoms with Crippen LogP contribution in [0.15, 0.2) is 65.6 Å². The molecule has 8 nitrogen and oxygen atoms in total. The van der Waals surface area contributed by atoms with Crippen molar-refractivity contribution in [2.75, 3.05) is 18.0 Å². The molecule has 41 heavy (non-hydrogen) atoms. The van der Waals surface area contributed by atoms with E-state index in [1.54, 1.807) is 24.1 Å². The van der Waals surface area contributed by atoms with Crippen LogP contribution >= 0.6 is 0 Å². The summed E-state index contributed by atoms with van der Waals surface area (Å²) in [5, 5.41) is 4.81. The van der Waals surface area contributed by atoms with E-state index in [0.29, 0.717) is 23.4 Å². The van der Waals surface area contributed by atoms with E-state index in [2.05, 4.69) is 5.32 Å². The van der Waals surface area contributed by atoms with Gasteiger partial charge < -0.3 is 15.0 Å². The fraction of sp³-hybridized carbons (Fsp3) is 0.438. The van der Waals surface area contributed by atoms with Gasteiger partial charge in [0.05, 0.1) is 17.7 Å². The number of carbonyl (C=O) groups excluding carboxylic acids is 2. The van der Waals surface area contributed by atoms with Crippen LogP contribution in [0.3, 0.4) is 0 Å². The second kappa shape index (κ2) is 12.5. The Morgan fingerprint density at radius 3 is 2.41 bits per heavy atom. The second-order valence-electron chi connectivity index (χ2n) is 10.9. The van der Waals surface area contributed by atoms with E-state index in [0.717, 1.165) is 47.8 Å². The normalized spacial score (nSPS) is 16.9. The fourth-order valence-corrected chi connectivity index (χ4v) is 7.86. The minimum Gasteiger partial charge on any atom is -0.497 e. The Hall–Kier alpha value is -3.59. The average Bonchev–Trinajstić information content (AvgIpc) is 3.21. The van der Waals surface area contributed by atoms with E-state index in [4.69, 9.17) is 4.74 Å². The molecular weight excluding hydrogens is 538 g/mol. The summed E-state index contributed by atoms with van der Waals surface area (Å²) in [5.74, 6) is 0.431. The van der Waals surface area contributed by atoms with Crippen LogP contribution in [0.1, 0.15) is 63.9 Å². The molecule has 2 aliphatic rings. The van der Waals surface area contributed by atoms with E-state index in [1.807, 2.05) is 55.5 Å². The monoisotopic (exact) mass is 577 g/mol. The summed E-state index contributed by atoms with van der Waals surface area (Å²) in [5.41, 5.74) is 1.55. The molecule has 1 saturated carbocycles. The molecule has 1 heterocycles. The van der Waals surface area contributed by atoms with Crippen LogP contribution in [0.4, 0.5) is 5.69 Å². The van der Waals surface area contributed by atoms with Gasteiger partial charge in [0.15, 0.2) is 0 Å². The summed E-state index contributed by atoms with van der Waals surface area (Å²) in [7, 11) is -2.09. The van der Waals surface area contributed by atoms with Crippen molar-refractivity contribution in [2.24, 2.45) is 0 Å². The minimum atomic E-state index is -3.69. The van der Waals surface area contributed by atoms with Crippen LogP contribution in [-0.2, 0) is 26.2 Å². The van der Waals surface area contributed by atoms with Gasteiger partial charge in [0.1, 0.15) is 11.8 Å². The third kappa shape index (κ3) is 6.05. The lowest BCUT2D eigenvalue weighted by molar-refractivity contribution is -0.141. The molecule has 2 amide bonds. The van der Waals surface area contributed by atoms with Gasteiger partial charge in [0, 0.05) is 30.9 Å². The van der Waals surface area contributed by atoms with Crippen molar-refractivity contribution in [3.05, 3.63) is 66.2 Å². The van der Waals surface area contributed by atoms with Gasteiger partial charge in [-0.3, -0.25) is 13.9 Å². The number of methoxy groups -OCH3 is 1. The van der Waals surface area contributed by atoms with Crippen LogP contribution in [0.25, 0.3) is 10.8 Å². The highest BCUT2D eigenvalue weighted by Gasteiger charge is 2.36. The van der Waals surface area contributed by atoms with E-state index >= 15 is 0 Å². The molecule has 0 bridgehead atoms. The van der Waals surface area contributed by atoms with Crippen molar-refractivity contribution in [1.82, 2.24) is 10.2 Å². The van der Waals surface area contributed by atoms with Crippen LogP contribution in [0, 0.1) is 0 Å². The van der Waals surface area contributed by atoms with Crippen LogP contribution in [0.2, 0.25) is 0 Å². The summed E-state index contributed by atoms with van der Waals surface area (Å²) in [4.78, 5) is 29.2. The maximum atomic E-state index is 13.8. The van der Waals surface area contributed by atoms with Gasteiger partial charge in [0.2, 0.25) is 11.8 Å². The number of carbonyl (C=O) groups is 2. The molecule has 5 rings (SSSR count). The second-order valence-corrected chi connectivity index (χ2v) is 12.8. The molecule has 0 aromatic heterocycles. The number of benzene rings is 3. The molecule has 1 N–H and O–H groups in total. The van der Waals surface area contributed by atoms with Crippen molar-refractivity contribution in [2.45, 2.75) is 81.8 Å². The van der Waals surface area contributed by atoms with Gasteiger partial charge in [-0.05, 0) is 60.9 Å². The van der Waals surface area contributed by atoms with Gasteiger partial charge in [-0.2, -0.15) is 0 Å². The van der Waals surface area contributed by atoms with Crippen LogP contribution in [-0.4, -0.2) is 50.9 Å². The lowest BCUT2D eigenvalue weighted by Gasteiger charge is -2.33. The fourth-order valence-electron chi connectivity index (χ4n) is 6.11. The third-order valence-corrected chi connectivity index (χ3v) is 10.1. The Morgan fingerprint density at radius 2 is 1.73 bits per heavy atom. The Bertz CT molecular complexity index is 1490. The molecule has 0 radical (unpaired) electrons. The first kappa shape index (κ1) is 28.9. The number of anilines is 1. The first-order valence-corrected chi connectivity index (χ1v) is 16.0. The zero-order valence-corrected chi connectivity index (χ0v) is 24.7. The van der Waals surface area contributed by atoms with Gasteiger partial charge in [-0.25, -0.2) is 8.42 Å². The molecular formula is C32H39N3O5S. The van der Waals surface area contributed by atoms with Crippen LogP contribution < -0.4 is 14.4 Å². The van der Waals surface area contributed by atoms with E-state index in [-0.39, 0.29) is 37.4 Å². The summed E-state index contributed by atoms with van der Waals surface area (Å²) in [6.07, 6.45) is 6.28. The van der Waals surface area contributed by atoms with Crippen molar-refractivity contribution in [3.63, 3.8) is 0 Å². The smallest absolute Gasteiger partial charge is 0.265 e. The quantitative estimate of drug-likeness (QED) is 0.330. The van der Waals surface area contributed by atoms with E-state index in [1.165, 1.54) is 10.7 Å². The Labute approximate surface area is 242 Å². The maximum Gasteiger partial charge on any atom is 0.265 e. The zero-order chi connectivity index (χ0) is 29.0. The van der Waals surface area contributed by atoms with Crippen molar-refractivity contribution in [3.8, 4) is 5.75 Å². The molecule has 9 heteroatoms. The average molecular weight is 578 g/mol. The molecule has 1 aliphatic heterocycles. The largest absolute Gasteiger partial charge is 0.497 e. The zero-order valence-electron chi connectivity index (χ0n) is 23.8. The van der Waals surface area contributed by atoms with Crippen LogP contribution in [0.5, 0.6) is 5.75 Å². The molecule has 1 atom stereocenters. The summed E-state index contributed by atoms with van der Waals surface area (Å²) < 4.78 is 33.4. The number of ether oxygens (including phenoxy) is 1. The SMILES string of the molecule is CCC(C(=O)NC1CCCCC1)N(Cc1ccc(OC)cc1)C(=O)CCCN1c2cccc3cccc(c23)S1(=O)=O. The number of rotatable bonds is 11. The van der Waals surface area contributed by atoms with Gasteiger partial charge in [-0.1, -0.05) is 62.6 Å². The number of nitrogens with one attached hydrogen (secondary N) is 1. The van der Waals surface area contributed by atoms with Crippen molar-refractivity contribution in [1.29, 1.82) is 0 Å². The third-order valence-electron chi connectivity index (χ3n) is 8.28. The Kier molecular flexibility index (Phi) is 8.82.